The van der Waals surface area contributed by atoms with Crippen molar-refractivity contribution in [3.63, 3.8) is 0 Å². The Hall–Kier alpha value is -2.78. The Bertz CT molecular complexity index is 1180. The highest BCUT2D eigenvalue weighted by atomic mass is 35.5. The van der Waals surface area contributed by atoms with Gasteiger partial charge in [0.25, 0.3) is 0 Å². The molecule has 0 spiro atoms. The van der Waals surface area contributed by atoms with Gasteiger partial charge in [0.05, 0.1) is 4.90 Å². The van der Waals surface area contributed by atoms with E-state index in [0.717, 1.165) is 0 Å². The first-order valence-corrected chi connectivity index (χ1v) is 10.7. The van der Waals surface area contributed by atoms with Gasteiger partial charge in [0.2, 0.25) is 9.84 Å². The molecule has 0 N–H and O–H groups in total. The molecule has 0 radical (unpaired) electrons. The van der Waals surface area contributed by atoms with Gasteiger partial charge in [0, 0.05) is 21.2 Å². The van der Waals surface area contributed by atoms with Gasteiger partial charge >= 0.3 is 0 Å². The normalized spacial score (nSPS) is 11.7. The molecule has 0 aromatic heterocycles. The standard InChI is InChI=1S/C22H15Cl2NO3S/c23-20-10-6-11-21(24)19(20)15-28-22-12-5-4-7-16(22)13-18(14-25)29(26,27)17-8-2-1-3-9-17/h1-13H,15H2/b18-13+. The molecule has 0 fully saturated rings. The van der Waals surface area contributed by atoms with Crippen molar-refractivity contribution in [3.8, 4) is 11.8 Å². The van der Waals surface area contributed by atoms with E-state index < -0.39 is 9.84 Å². The lowest BCUT2D eigenvalue weighted by molar-refractivity contribution is 0.306. The number of rotatable bonds is 6. The van der Waals surface area contributed by atoms with E-state index in [4.69, 9.17) is 27.9 Å². The minimum Gasteiger partial charge on any atom is -0.488 e. The largest absolute Gasteiger partial charge is 0.488 e. The van der Waals surface area contributed by atoms with Crippen LogP contribution in [0.2, 0.25) is 10.0 Å². The molecule has 0 saturated heterocycles. The van der Waals surface area contributed by atoms with Crippen LogP contribution >= 0.6 is 23.2 Å². The maximum absolute atomic E-state index is 12.8. The van der Waals surface area contributed by atoms with Gasteiger partial charge in [-0.2, -0.15) is 5.26 Å². The lowest BCUT2D eigenvalue weighted by Crippen LogP contribution is -2.04. The van der Waals surface area contributed by atoms with Crippen molar-refractivity contribution in [1.82, 2.24) is 0 Å². The Labute approximate surface area is 179 Å². The number of benzene rings is 3. The Kier molecular flexibility index (Phi) is 6.60. The summed E-state index contributed by atoms with van der Waals surface area (Å²) in [6, 6.07) is 21.6. The van der Waals surface area contributed by atoms with Gasteiger partial charge in [0.15, 0.2) is 0 Å². The molecule has 0 aliphatic heterocycles. The van der Waals surface area contributed by atoms with Crippen LogP contribution in [0, 0.1) is 11.3 Å². The summed E-state index contributed by atoms with van der Waals surface area (Å²) < 4.78 is 31.4. The minimum absolute atomic E-state index is 0.0500. The van der Waals surface area contributed by atoms with Crippen molar-refractivity contribution in [2.24, 2.45) is 0 Å². The zero-order valence-corrected chi connectivity index (χ0v) is 17.4. The number of hydrogen-bond donors (Lipinski definition) is 0. The van der Waals surface area contributed by atoms with Gasteiger partial charge in [-0.25, -0.2) is 8.42 Å². The number of ether oxygens (including phenoxy) is 1. The highest BCUT2D eigenvalue weighted by Gasteiger charge is 2.21. The van der Waals surface area contributed by atoms with E-state index in [9.17, 15) is 13.7 Å². The second-order valence-corrected chi connectivity index (χ2v) is 8.70. The van der Waals surface area contributed by atoms with Crippen LogP contribution in [0.5, 0.6) is 5.75 Å². The fourth-order valence-corrected chi connectivity index (χ4v) is 4.27. The second-order valence-electron chi connectivity index (χ2n) is 5.96. The van der Waals surface area contributed by atoms with Crippen LogP contribution < -0.4 is 4.74 Å². The molecule has 4 nitrogen and oxygen atoms in total. The third-order valence-corrected chi connectivity index (χ3v) is 6.48. The molecule has 3 aromatic rings. The highest BCUT2D eigenvalue weighted by molar-refractivity contribution is 7.95. The summed E-state index contributed by atoms with van der Waals surface area (Å²) in [5, 5.41) is 10.4. The fraction of sp³-hybridized carbons (Fsp3) is 0.0455. The van der Waals surface area contributed by atoms with Gasteiger partial charge in [-0.15, -0.1) is 0 Å². The van der Waals surface area contributed by atoms with Crippen molar-refractivity contribution >= 4 is 39.1 Å². The van der Waals surface area contributed by atoms with Crippen LogP contribution in [0.25, 0.3) is 6.08 Å². The molecule has 146 valence electrons. The molecular formula is C22H15Cl2NO3S. The maximum Gasteiger partial charge on any atom is 0.216 e. The Morgan fingerprint density at radius 1 is 0.931 bits per heavy atom. The van der Waals surface area contributed by atoms with Gasteiger partial charge in [-0.1, -0.05) is 65.7 Å². The van der Waals surface area contributed by atoms with Crippen LogP contribution in [0.4, 0.5) is 0 Å². The molecule has 0 aliphatic carbocycles. The molecule has 3 rings (SSSR count). The lowest BCUT2D eigenvalue weighted by Gasteiger charge is -2.12. The molecule has 0 atom stereocenters. The van der Waals surface area contributed by atoms with Crippen LogP contribution in [0.15, 0.2) is 82.6 Å². The molecule has 0 heterocycles. The molecule has 0 bridgehead atoms. The first-order valence-electron chi connectivity index (χ1n) is 8.50. The van der Waals surface area contributed by atoms with Crippen molar-refractivity contribution in [2.45, 2.75) is 11.5 Å². The zero-order chi connectivity index (χ0) is 20.9. The van der Waals surface area contributed by atoms with Gasteiger partial charge < -0.3 is 4.74 Å². The summed E-state index contributed by atoms with van der Waals surface area (Å²) >= 11 is 12.3. The summed E-state index contributed by atoms with van der Waals surface area (Å²) in [6.45, 7) is 0.0939. The van der Waals surface area contributed by atoms with Crippen LogP contribution in [-0.4, -0.2) is 8.42 Å². The molecule has 29 heavy (non-hydrogen) atoms. The average molecular weight is 444 g/mol. The van der Waals surface area contributed by atoms with Crippen molar-refractivity contribution in [1.29, 1.82) is 5.26 Å². The summed E-state index contributed by atoms with van der Waals surface area (Å²) in [6.07, 6.45) is 1.30. The van der Waals surface area contributed by atoms with Gasteiger partial charge in [-0.05, 0) is 36.4 Å². The minimum atomic E-state index is -3.94. The number of hydrogen-bond acceptors (Lipinski definition) is 4. The van der Waals surface area contributed by atoms with E-state index in [1.807, 2.05) is 0 Å². The second kappa shape index (κ2) is 9.15. The van der Waals surface area contributed by atoms with Crippen LogP contribution in [0.3, 0.4) is 0 Å². The molecule has 0 amide bonds. The van der Waals surface area contributed by atoms with Crippen molar-refractivity contribution < 1.29 is 13.2 Å². The van der Waals surface area contributed by atoms with E-state index >= 15 is 0 Å². The van der Waals surface area contributed by atoms with E-state index in [1.54, 1.807) is 66.7 Å². The number of nitriles is 1. The number of sulfone groups is 1. The summed E-state index contributed by atoms with van der Waals surface area (Å²) in [4.78, 5) is -0.329. The Morgan fingerprint density at radius 3 is 2.21 bits per heavy atom. The predicted octanol–water partition coefficient (Wildman–Crippen LogP) is 5.91. The summed E-state index contributed by atoms with van der Waals surface area (Å²) in [7, 11) is -3.94. The topological polar surface area (TPSA) is 67.2 Å². The SMILES string of the molecule is N#C/C(=C\c1ccccc1OCc1c(Cl)cccc1Cl)S(=O)(=O)c1ccccc1. The van der Waals surface area contributed by atoms with E-state index in [2.05, 4.69) is 0 Å². The first-order chi connectivity index (χ1) is 13.9. The Morgan fingerprint density at radius 2 is 1.55 bits per heavy atom. The number of halogens is 2. The van der Waals surface area contributed by atoms with E-state index in [1.165, 1.54) is 18.2 Å². The van der Waals surface area contributed by atoms with E-state index in [0.29, 0.717) is 26.9 Å². The number of nitrogens with zero attached hydrogens (tertiary/aromatic N) is 1. The van der Waals surface area contributed by atoms with Crippen LogP contribution in [0.1, 0.15) is 11.1 Å². The molecule has 0 saturated carbocycles. The lowest BCUT2D eigenvalue weighted by atomic mass is 10.2. The smallest absolute Gasteiger partial charge is 0.216 e. The third-order valence-electron chi connectivity index (χ3n) is 4.09. The van der Waals surface area contributed by atoms with Crippen molar-refractivity contribution in [2.75, 3.05) is 0 Å². The molecule has 3 aromatic carbocycles. The number of allylic oxidation sites excluding steroid dienone is 1. The average Bonchev–Trinajstić information content (AvgIpc) is 2.73. The van der Waals surface area contributed by atoms with Crippen molar-refractivity contribution in [3.05, 3.63) is 98.9 Å². The van der Waals surface area contributed by atoms with Gasteiger partial charge in [-0.3, -0.25) is 0 Å². The predicted molar refractivity (Wildman–Crippen MR) is 114 cm³/mol. The zero-order valence-electron chi connectivity index (χ0n) is 15.0. The fourth-order valence-electron chi connectivity index (χ4n) is 2.59. The molecular weight excluding hydrogens is 429 g/mol. The van der Waals surface area contributed by atoms with E-state index in [-0.39, 0.29) is 16.4 Å². The summed E-state index contributed by atoms with van der Waals surface area (Å²) in [5.74, 6) is 0.402. The molecule has 0 aliphatic rings. The third kappa shape index (κ3) is 4.80. The van der Waals surface area contributed by atoms with Crippen LogP contribution in [-0.2, 0) is 16.4 Å². The quantitative estimate of drug-likeness (QED) is 0.444. The molecule has 7 heteroatoms. The Balaban J connectivity index is 1.95. The highest BCUT2D eigenvalue weighted by Crippen LogP contribution is 2.29. The maximum atomic E-state index is 12.8. The monoisotopic (exact) mass is 443 g/mol. The summed E-state index contributed by atoms with van der Waals surface area (Å²) in [5.41, 5.74) is 1.07. The number of para-hydroxylation sites is 1. The van der Waals surface area contributed by atoms with Gasteiger partial charge in [0.1, 0.15) is 23.3 Å². The first kappa shape index (κ1) is 20.9. The molecule has 0 unspecified atom stereocenters.